The second kappa shape index (κ2) is 5.34. The van der Waals surface area contributed by atoms with E-state index in [1.165, 1.54) is 25.0 Å². The Bertz CT molecular complexity index is 565. The highest BCUT2D eigenvalue weighted by Crippen LogP contribution is 2.43. The topological polar surface area (TPSA) is 29.5 Å². The second-order valence-corrected chi connectivity index (χ2v) is 6.99. The van der Waals surface area contributed by atoms with Gasteiger partial charge in [0.05, 0.1) is 5.41 Å². The largest absolute Gasteiger partial charge is 0.381 e. The Morgan fingerprint density at radius 3 is 2.50 bits per heavy atom. The van der Waals surface area contributed by atoms with Crippen molar-refractivity contribution in [2.75, 3.05) is 19.8 Å². The van der Waals surface area contributed by atoms with E-state index in [1.807, 2.05) is 0 Å². The smallest absolute Gasteiger partial charge is 0.233 e. The fourth-order valence-corrected chi connectivity index (χ4v) is 4.56. The summed E-state index contributed by atoms with van der Waals surface area (Å²) in [6.45, 7) is 2.11. The van der Waals surface area contributed by atoms with Crippen LogP contribution in [0.5, 0.6) is 0 Å². The number of hydrogen-bond donors (Lipinski definition) is 0. The summed E-state index contributed by atoms with van der Waals surface area (Å²) in [5.74, 6) is 0.687. The summed E-state index contributed by atoms with van der Waals surface area (Å²) in [7, 11) is 0. The number of rotatable bonds is 2. The molecule has 2 aliphatic heterocycles. The van der Waals surface area contributed by atoms with Crippen molar-refractivity contribution in [1.82, 2.24) is 4.90 Å². The van der Waals surface area contributed by atoms with Gasteiger partial charge >= 0.3 is 0 Å². The molecule has 2 heterocycles. The van der Waals surface area contributed by atoms with Gasteiger partial charge in [-0.25, -0.2) is 4.39 Å². The molecule has 2 atom stereocenters. The minimum Gasteiger partial charge on any atom is -0.381 e. The predicted molar refractivity (Wildman–Crippen MR) is 81.0 cm³/mol. The number of benzene rings is 1. The minimum absolute atomic E-state index is 0.245. The van der Waals surface area contributed by atoms with Crippen LogP contribution in [0.2, 0.25) is 0 Å². The van der Waals surface area contributed by atoms with E-state index in [0.29, 0.717) is 38.0 Å². The van der Waals surface area contributed by atoms with E-state index in [2.05, 4.69) is 4.90 Å². The van der Waals surface area contributed by atoms with Crippen LogP contribution in [0.25, 0.3) is 0 Å². The summed E-state index contributed by atoms with van der Waals surface area (Å²) in [4.78, 5) is 15.5. The molecular formula is C18H22FNO2. The van der Waals surface area contributed by atoms with Crippen molar-refractivity contribution in [3.8, 4) is 0 Å². The number of fused-ring (bicyclic) bond motifs is 2. The van der Waals surface area contributed by atoms with Crippen LogP contribution in [-0.4, -0.2) is 36.6 Å². The molecule has 0 aromatic heterocycles. The third-order valence-electron chi connectivity index (χ3n) is 5.82. The highest BCUT2D eigenvalue weighted by atomic mass is 19.1. The molecule has 3 fully saturated rings. The highest BCUT2D eigenvalue weighted by molar-refractivity contribution is 5.89. The summed E-state index contributed by atoms with van der Waals surface area (Å²) in [6, 6.07) is 6.93. The Morgan fingerprint density at radius 2 is 1.91 bits per heavy atom. The first-order valence-electron chi connectivity index (χ1n) is 8.34. The van der Waals surface area contributed by atoms with E-state index in [4.69, 9.17) is 4.74 Å². The monoisotopic (exact) mass is 303 g/mol. The van der Waals surface area contributed by atoms with E-state index in [-0.39, 0.29) is 11.7 Å². The maximum Gasteiger partial charge on any atom is 0.233 e. The normalized spacial score (nSPS) is 29.8. The van der Waals surface area contributed by atoms with Crippen LogP contribution < -0.4 is 0 Å². The van der Waals surface area contributed by atoms with E-state index in [1.54, 1.807) is 12.1 Å². The number of halogens is 1. The van der Waals surface area contributed by atoms with Gasteiger partial charge in [-0.05, 0) is 55.7 Å². The fourth-order valence-electron chi connectivity index (χ4n) is 4.56. The van der Waals surface area contributed by atoms with Crippen molar-refractivity contribution >= 4 is 5.91 Å². The third kappa shape index (κ3) is 2.16. The van der Waals surface area contributed by atoms with E-state index >= 15 is 0 Å². The summed E-state index contributed by atoms with van der Waals surface area (Å²) in [6.07, 6.45) is 4.98. The molecular weight excluding hydrogens is 281 g/mol. The molecule has 2 saturated heterocycles. The molecule has 2 unspecified atom stereocenters. The molecule has 1 aliphatic carbocycles. The number of likely N-dealkylation sites (tertiary alicyclic amines) is 1. The maximum atomic E-state index is 13.4. The predicted octanol–water partition coefficient (Wildman–Crippen LogP) is 2.88. The Kier molecular flexibility index (Phi) is 3.44. The number of nitrogens with zero attached hydrogens (tertiary/aromatic N) is 1. The van der Waals surface area contributed by atoms with Crippen LogP contribution >= 0.6 is 0 Å². The van der Waals surface area contributed by atoms with Crippen molar-refractivity contribution in [3.05, 3.63) is 35.6 Å². The van der Waals surface area contributed by atoms with Crippen molar-refractivity contribution < 1.29 is 13.9 Å². The Morgan fingerprint density at radius 1 is 1.18 bits per heavy atom. The van der Waals surface area contributed by atoms with E-state index in [9.17, 15) is 9.18 Å². The van der Waals surface area contributed by atoms with Crippen LogP contribution in [0.3, 0.4) is 0 Å². The van der Waals surface area contributed by atoms with Crippen LogP contribution in [-0.2, 0) is 14.9 Å². The number of piperidine rings is 1. The van der Waals surface area contributed by atoms with Crippen molar-refractivity contribution in [2.24, 2.45) is 5.92 Å². The molecule has 118 valence electrons. The first-order chi connectivity index (χ1) is 10.7. The van der Waals surface area contributed by atoms with Crippen LogP contribution in [0.15, 0.2) is 24.3 Å². The van der Waals surface area contributed by atoms with Gasteiger partial charge in [0.2, 0.25) is 5.91 Å². The average Bonchev–Trinajstić information content (AvgIpc) is 3.18. The van der Waals surface area contributed by atoms with Crippen LogP contribution in [0.4, 0.5) is 4.39 Å². The van der Waals surface area contributed by atoms with Gasteiger partial charge in [0.25, 0.3) is 0 Å². The summed E-state index contributed by atoms with van der Waals surface area (Å²) < 4.78 is 18.8. The van der Waals surface area contributed by atoms with Gasteiger partial charge in [0.15, 0.2) is 0 Å². The highest BCUT2D eigenvalue weighted by Gasteiger charge is 2.49. The molecule has 1 amide bonds. The molecule has 22 heavy (non-hydrogen) atoms. The first kappa shape index (κ1) is 14.2. The molecule has 1 saturated carbocycles. The molecule has 1 aromatic rings. The lowest BCUT2D eigenvalue weighted by Crippen LogP contribution is -2.52. The Balaban J connectivity index is 1.68. The van der Waals surface area contributed by atoms with Crippen LogP contribution in [0, 0.1) is 11.7 Å². The molecule has 3 nitrogen and oxygen atoms in total. The van der Waals surface area contributed by atoms with E-state index < -0.39 is 5.41 Å². The van der Waals surface area contributed by atoms with Crippen molar-refractivity contribution in [1.29, 1.82) is 0 Å². The van der Waals surface area contributed by atoms with Gasteiger partial charge in [-0.2, -0.15) is 0 Å². The maximum absolute atomic E-state index is 13.4. The molecule has 1 aromatic carbocycles. The SMILES string of the molecule is O=C(N1CC2CCC1C2)C1(c2ccc(F)cc2)CCOCC1. The molecule has 0 spiro atoms. The summed E-state index contributed by atoms with van der Waals surface area (Å²) in [5, 5.41) is 0. The lowest BCUT2D eigenvalue weighted by molar-refractivity contribution is -0.143. The zero-order valence-electron chi connectivity index (χ0n) is 12.8. The number of amides is 1. The number of carbonyl (C=O) groups excluding carboxylic acids is 1. The molecule has 4 rings (SSSR count). The zero-order valence-corrected chi connectivity index (χ0v) is 12.8. The number of hydrogen-bond acceptors (Lipinski definition) is 2. The molecule has 0 radical (unpaired) electrons. The minimum atomic E-state index is -0.517. The van der Waals surface area contributed by atoms with Crippen LogP contribution in [0.1, 0.15) is 37.7 Å². The lowest BCUT2D eigenvalue weighted by Gasteiger charge is -2.41. The fraction of sp³-hybridized carbons (Fsp3) is 0.611. The Hall–Kier alpha value is -1.42. The van der Waals surface area contributed by atoms with Gasteiger partial charge in [0, 0.05) is 25.8 Å². The standard InChI is InChI=1S/C18H22FNO2/c19-15-4-2-14(3-5-15)18(7-9-22-10-8-18)17(21)20-12-13-1-6-16(20)11-13/h2-5,13,16H,1,6-12H2. The van der Waals surface area contributed by atoms with Gasteiger partial charge in [0.1, 0.15) is 5.82 Å². The zero-order chi connectivity index (χ0) is 15.2. The molecule has 4 heteroatoms. The molecule has 2 bridgehead atoms. The van der Waals surface area contributed by atoms with Crippen molar-refractivity contribution in [3.63, 3.8) is 0 Å². The number of carbonyl (C=O) groups is 1. The summed E-state index contributed by atoms with van der Waals surface area (Å²) in [5.41, 5.74) is 0.432. The average molecular weight is 303 g/mol. The van der Waals surface area contributed by atoms with Crippen molar-refractivity contribution in [2.45, 2.75) is 43.6 Å². The summed E-state index contributed by atoms with van der Waals surface area (Å²) >= 11 is 0. The second-order valence-electron chi connectivity index (χ2n) is 6.99. The van der Waals surface area contributed by atoms with E-state index in [0.717, 1.165) is 18.5 Å². The third-order valence-corrected chi connectivity index (χ3v) is 5.82. The van der Waals surface area contributed by atoms with Gasteiger partial charge in [-0.15, -0.1) is 0 Å². The molecule has 0 N–H and O–H groups in total. The lowest BCUT2D eigenvalue weighted by atomic mass is 9.72. The quantitative estimate of drug-likeness (QED) is 0.841. The van der Waals surface area contributed by atoms with Gasteiger partial charge < -0.3 is 9.64 Å². The van der Waals surface area contributed by atoms with Gasteiger partial charge in [-0.1, -0.05) is 12.1 Å². The number of ether oxygens (including phenoxy) is 1. The first-order valence-corrected chi connectivity index (χ1v) is 8.34. The van der Waals surface area contributed by atoms with Gasteiger partial charge in [-0.3, -0.25) is 4.79 Å². The Labute approximate surface area is 130 Å². The molecule has 3 aliphatic rings.